The van der Waals surface area contributed by atoms with E-state index in [1.54, 1.807) is 0 Å². The SMILES string of the molecule is N#Cc1ccc(N2CCC(C(=O)N3CCCN(C4CCC4)CC3)CC2)cc1. The Hall–Kier alpha value is -2.06. The molecule has 0 spiro atoms. The summed E-state index contributed by atoms with van der Waals surface area (Å²) in [7, 11) is 0. The first kappa shape index (κ1) is 18.3. The summed E-state index contributed by atoms with van der Waals surface area (Å²) in [4.78, 5) is 20.1. The fourth-order valence-corrected chi connectivity index (χ4v) is 4.66. The van der Waals surface area contributed by atoms with E-state index in [0.29, 0.717) is 11.5 Å². The predicted octanol–water partition coefficient (Wildman–Crippen LogP) is 2.86. The van der Waals surface area contributed by atoms with E-state index in [1.165, 1.54) is 19.3 Å². The van der Waals surface area contributed by atoms with E-state index in [1.807, 2.05) is 24.3 Å². The smallest absolute Gasteiger partial charge is 0.225 e. The summed E-state index contributed by atoms with van der Waals surface area (Å²) in [6.07, 6.45) is 7.06. The molecule has 4 rings (SSSR count). The van der Waals surface area contributed by atoms with E-state index in [9.17, 15) is 4.79 Å². The Morgan fingerprint density at radius 1 is 0.889 bits per heavy atom. The Bertz CT molecular complexity index is 683. The van der Waals surface area contributed by atoms with Gasteiger partial charge in [-0.25, -0.2) is 0 Å². The Morgan fingerprint density at radius 2 is 1.63 bits per heavy atom. The maximum atomic E-state index is 13.0. The fraction of sp³-hybridized carbons (Fsp3) is 0.636. The second-order valence-corrected chi connectivity index (χ2v) is 8.22. The molecule has 2 heterocycles. The van der Waals surface area contributed by atoms with Crippen molar-refractivity contribution in [3.63, 3.8) is 0 Å². The van der Waals surface area contributed by atoms with Gasteiger partial charge in [0, 0.05) is 56.9 Å². The molecule has 3 aliphatic rings. The van der Waals surface area contributed by atoms with Crippen molar-refractivity contribution >= 4 is 11.6 Å². The van der Waals surface area contributed by atoms with Crippen LogP contribution < -0.4 is 4.90 Å². The van der Waals surface area contributed by atoms with Crippen molar-refractivity contribution in [2.45, 2.75) is 44.6 Å². The first-order chi connectivity index (χ1) is 13.2. The number of hydrogen-bond acceptors (Lipinski definition) is 4. The summed E-state index contributed by atoms with van der Waals surface area (Å²) in [6.45, 7) is 5.89. The molecule has 3 fully saturated rings. The Morgan fingerprint density at radius 3 is 2.26 bits per heavy atom. The zero-order chi connectivity index (χ0) is 18.6. The molecule has 2 aliphatic heterocycles. The maximum absolute atomic E-state index is 13.0. The number of piperidine rings is 1. The molecule has 0 aromatic heterocycles. The van der Waals surface area contributed by atoms with E-state index >= 15 is 0 Å². The fourth-order valence-electron chi connectivity index (χ4n) is 4.66. The van der Waals surface area contributed by atoms with E-state index in [0.717, 1.165) is 70.3 Å². The highest BCUT2D eigenvalue weighted by Gasteiger charge is 2.31. The van der Waals surface area contributed by atoms with Crippen LogP contribution in [0, 0.1) is 17.2 Å². The average Bonchev–Trinajstić information content (AvgIpc) is 2.92. The van der Waals surface area contributed by atoms with Crippen LogP contribution in [-0.4, -0.2) is 61.0 Å². The van der Waals surface area contributed by atoms with Crippen molar-refractivity contribution in [1.82, 2.24) is 9.80 Å². The van der Waals surface area contributed by atoms with Gasteiger partial charge in [-0.2, -0.15) is 5.26 Å². The van der Waals surface area contributed by atoms with E-state index in [4.69, 9.17) is 5.26 Å². The molecule has 0 atom stereocenters. The highest BCUT2D eigenvalue weighted by Crippen LogP contribution is 2.27. The zero-order valence-electron chi connectivity index (χ0n) is 16.1. The summed E-state index contributed by atoms with van der Waals surface area (Å²) in [5.74, 6) is 0.555. The van der Waals surface area contributed by atoms with Crippen molar-refractivity contribution in [3.05, 3.63) is 29.8 Å². The molecule has 1 amide bonds. The van der Waals surface area contributed by atoms with Crippen LogP contribution in [-0.2, 0) is 4.79 Å². The minimum atomic E-state index is 0.176. The third-order valence-electron chi connectivity index (χ3n) is 6.64. The number of hydrogen-bond donors (Lipinski definition) is 0. The van der Waals surface area contributed by atoms with Gasteiger partial charge in [0.05, 0.1) is 11.6 Å². The van der Waals surface area contributed by atoms with Gasteiger partial charge in [-0.05, 0) is 56.4 Å². The number of nitriles is 1. The minimum Gasteiger partial charge on any atom is -0.371 e. The lowest BCUT2D eigenvalue weighted by Gasteiger charge is -2.37. The zero-order valence-corrected chi connectivity index (χ0v) is 16.1. The number of carbonyl (C=O) groups is 1. The standard InChI is InChI=1S/C22H30N4O/c23-17-18-5-7-21(8-6-18)25-13-9-19(10-14-25)22(27)26-12-2-11-24(15-16-26)20-3-1-4-20/h5-8,19-20H,1-4,9-16H2. The van der Waals surface area contributed by atoms with Crippen molar-refractivity contribution in [2.75, 3.05) is 44.2 Å². The lowest BCUT2D eigenvalue weighted by atomic mass is 9.91. The number of carbonyl (C=O) groups excluding carboxylic acids is 1. The molecule has 1 saturated carbocycles. The van der Waals surface area contributed by atoms with Crippen molar-refractivity contribution in [2.24, 2.45) is 5.92 Å². The lowest BCUT2D eigenvalue weighted by molar-refractivity contribution is -0.136. The molecule has 0 bridgehead atoms. The van der Waals surface area contributed by atoms with Crippen LogP contribution in [0.15, 0.2) is 24.3 Å². The summed E-state index contributed by atoms with van der Waals surface area (Å²) < 4.78 is 0. The van der Waals surface area contributed by atoms with Gasteiger partial charge in [0.15, 0.2) is 0 Å². The molecule has 1 aromatic rings. The summed E-state index contributed by atoms with van der Waals surface area (Å²) >= 11 is 0. The van der Waals surface area contributed by atoms with E-state index < -0.39 is 0 Å². The largest absolute Gasteiger partial charge is 0.371 e. The molecule has 5 heteroatoms. The van der Waals surface area contributed by atoms with Crippen LogP contribution in [0.1, 0.15) is 44.1 Å². The van der Waals surface area contributed by atoms with Crippen molar-refractivity contribution < 1.29 is 4.79 Å². The monoisotopic (exact) mass is 366 g/mol. The highest BCUT2D eigenvalue weighted by molar-refractivity contribution is 5.79. The first-order valence-electron chi connectivity index (χ1n) is 10.5. The molecule has 1 aromatic carbocycles. The number of amides is 1. The average molecular weight is 367 g/mol. The predicted molar refractivity (Wildman–Crippen MR) is 107 cm³/mol. The molecule has 2 saturated heterocycles. The quantitative estimate of drug-likeness (QED) is 0.825. The van der Waals surface area contributed by atoms with E-state index in [-0.39, 0.29) is 5.92 Å². The molecule has 27 heavy (non-hydrogen) atoms. The number of anilines is 1. The van der Waals surface area contributed by atoms with Crippen LogP contribution in [0.25, 0.3) is 0 Å². The molecule has 1 aliphatic carbocycles. The van der Waals surface area contributed by atoms with Crippen LogP contribution >= 0.6 is 0 Å². The molecule has 5 nitrogen and oxygen atoms in total. The van der Waals surface area contributed by atoms with Gasteiger partial charge >= 0.3 is 0 Å². The Labute approximate surface area is 162 Å². The molecule has 0 radical (unpaired) electrons. The van der Waals surface area contributed by atoms with Crippen LogP contribution in [0.5, 0.6) is 0 Å². The first-order valence-corrected chi connectivity index (χ1v) is 10.5. The van der Waals surface area contributed by atoms with Crippen molar-refractivity contribution in [1.29, 1.82) is 5.26 Å². The molecule has 0 unspecified atom stereocenters. The van der Waals surface area contributed by atoms with Gasteiger partial charge < -0.3 is 9.80 Å². The maximum Gasteiger partial charge on any atom is 0.225 e. The number of nitrogens with zero attached hydrogens (tertiary/aromatic N) is 4. The van der Waals surface area contributed by atoms with Gasteiger partial charge in [0.2, 0.25) is 5.91 Å². The van der Waals surface area contributed by atoms with Gasteiger partial charge in [-0.3, -0.25) is 9.69 Å². The molecule has 144 valence electrons. The Kier molecular flexibility index (Phi) is 5.63. The second kappa shape index (κ2) is 8.31. The normalized spacial score (nSPS) is 22.8. The van der Waals surface area contributed by atoms with Crippen LogP contribution in [0.2, 0.25) is 0 Å². The highest BCUT2D eigenvalue weighted by atomic mass is 16.2. The van der Waals surface area contributed by atoms with Crippen molar-refractivity contribution in [3.8, 4) is 6.07 Å². The van der Waals surface area contributed by atoms with Gasteiger partial charge in [0.25, 0.3) is 0 Å². The topological polar surface area (TPSA) is 50.6 Å². The van der Waals surface area contributed by atoms with Crippen LogP contribution in [0.4, 0.5) is 5.69 Å². The molecular weight excluding hydrogens is 336 g/mol. The summed E-state index contributed by atoms with van der Waals surface area (Å²) in [5.41, 5.74) is 1.85. The van der Waals surface area contributed by atoms with Crippen LogP contribution in [0.3, 0.4) is 0 Å². The third-order valence-corrected chi connectivity index (χ3v) is 6.64. The summed E-state index contributed by atoms with van der Waals surface area (Å²) in [6, 6.07) is 10.7. The Balaban J connectivity index is 1.28. The second-order valence-electron chi connectivity index (χ2n) is 8.22. The third kappa shape index (κ3) is 4.11. The molecule has 0 N–H and O–H groups in total. The lowest BCUT2D eigenvalue weighted by Crippen LogP contribution is -2.45. The molecular formula is C22H30N4O. The van der Waals surface area contributed by atoms with E-state index in [2.05, 4.69) is 20.8 Å². The minimum absolute atomic E-state index is 0.176. The summed E-state index contributed by atoms with van der Waals surface area (Å²) in [5, 5.41) is 8.93. The number of benzene rings is 1. The van der Waals surface area contributed by atoms with Gasteiger partial charge in [-0.15, -0.1) is 0 Å². The van der Waals surface area contributed by atoms with Gasteiger partial charge in [0.1, 0.15) is 0 Å². The van der Waals surface area contributed by atoms with Gasteiger partial charge in [-0.1, -0.05) is 6.42 Å². The number of rotatable bonds is 3.